The molecule has 0 aliphatic heterocycles. The molecule has 1 heterocycles. The summed E-state index contributed by atoms with van der Waals surface area (Å²) in [6, 6.07) is 0. The number of hydrogen-bond donors (Lipinski definition) is 0. The molecule has 0 bridgehead atoms. The SMILES string of the molecule is CCC(OC)c1nc(C)c(Br)c(Cl)n1. The largest absolute Gasteiger partial charge is 0.373 e. The van der Waals surface area contributed by atoms with Crippen molar-refractivity contribution in [3.05, 3.63) is 21.1 Å². The number of aromatic nitrogens is 2. The summed E-state index contributed by atoms with van der Waals surface area (Å²) in [7, 11) is 1.64. The maximum atomic E-state index is 5.92. The van der Waals surface area contributed by atoms with Gasteiger partial charge in [0.1, 0.15) is 11.3 Å². The highest BCUT2D eigenvalue weighted by Crippen LogP contribution is 2.26. The van der Waals surface area contributed by atoms with Crippen molar-refractivity contribution in [1.82, 2.24) is 9.97 Å². The van der Waals surface area contributed by atoms with Gasteiger partial charge in [0, 0.05) is 7.11 Å². The zero-order chi connectivity index (χ0) is 10.7. The van der Waals surface area contributed by atoms with Crippen molar-refractivity contribution in [3.63, 3.8) is 0 Å². The predicted molar refractivity (Wildman–Crippen MR) is 59.5 cm³/mol. The Kier molecular flexibility index (Phi) is 4.29. The third-order valence-electron chi connectivity index (χ3n) is 1.94. The zero-order valence-electron chi connectivity index (χ0n) is 8.34. The van der Waals surface area contributed by atoms with Crippen molar-refractivity contribution < 1.29 is 4.74 Å². The van der Waals surface area contributed by atoms with Crippen molar-refractivity contribution in [1.29, 1.82) is 0 Å². The summed E-state index contributed by atoms with van der Waals surface area (Å²) in [5.74, 6) is 0.640. The molecule has 5 heteroatoms. The Hall–Kier alpha value is -0.190. The first-order valence-corrected chi connectivity index (χ1v) is 5.49. The minimum atomic E-state index is -0.0840. The van der Waals surface area contributed by atoms with Crippen LogP contribution in [-0.4, -0.2) is 17.1 Å². The van der Waals surface area contributed by atoms with E-state index in [1.807, 2.05) is 13.8 Å². The molecule has 0 amide bonds. The third kappa shape index (κ3) is 2.43. The van der Waals surface area contributed by atoms with Crippen LogP contribution in [0.4, 0.5) is 0 Å². The standard InChI is InChI=1S/C9H12BrClN2O/c1-4-6(14-3)9-12-5(2)7(10)8(11)13-9/h6H,4H2,1-3H3. The molecule has 0 saturated heterocycles. The molecule has 0 aliphatic carbocycles. The van der Waals surface area contributed by atoms with E-state index < -0.39 is 0 Å². The Morgan fingerprint density at radius 2 is 2.14 bits per heavy atom. The molecular formula is C9H12BrClN2O. The fourth-order valence-electron chi connectivity index (χ4n) is 1.14. The second kappa shape index (κ2) is 5.05. The first-order valence-electron chi connectivity index (χ1n) is 4.32. The van der Waals surface area contributed by atoms with Gasteiger partial charge in [-0.25, -0.2) is 9.97 Å². The van der Waals surface area contributed by atoms with E-state index in [0.717, 1.165) is 16.6 Å². The molecular weight excluding hydrogens is 267 g/mol. The first kappa shape index (κ1) is 11.9. The van der Waals surface area contributed by atoms with Crippen molar-refractivity contribution in [2.24, 2.45) is 0 Å². The molecule has 0 spiro atoms. The molecule has 1 rings (SSSR count). The van der Waals surface area contributed by atoms with E-state index in [1.165, 1.54) is 0 Å². The molecule has 1 atom stereocenters. The van der Waals surface area contributed by atoms with E-state index in [1.54, 1.807) is 7.11 Å². The number of aryl methyl sites for hydroxylation is 1. The van der Waals surface area contributed by atoms with E-state index in [-0.39, 0.29) is 6.10 Å². The van der Waals surface area contributed by atoms with Gasteiger partial charge in [0.15, 0.2) is 5.82 Å². The van der Waals surface area contributed by atoms with Gasteiger partial charge in [-0.2, -0.15) is 0 Å². The lowest BCUT2D eigenvalue weighted by atomic mass is 10.2. The van der Waals surface area contributed by atoms with Gasteiger partial charge in [-0.05, 0) is 29.3 Å². The average molecular weight is 280 g/mol. The van der Waals surface area contributed by atoms with Crippen LogP contribution in [0.3, 0.4) is 0 Å². The number of ether oxygens (including phenoxy) is 1. The fourth-order valence-corrected chi connectivity index (χ4v) is 1.54. The maximum Gasteiger partial charge on any atom is 0.159 e. The highest BCUT2D eigenvalue weighted by atomic mass is 79.9. The van der Waals surface area contributed by atoms with Crippen LogP contribution in [0.1, 0.15) is 31.0 Å². The predicted octanol–water partition coefficient (Wildman–Crippen LogP) is 3.30. The molecule has 0 aromatic carbocycles. The van der Waals surface area contributed by atoms with Crippen LogP contribution in [0, 0.1) is 6.92 Å². The van der Waals surface area contributed by atoms with Crippen LogP contribution in [0.2, 0.25) is 5.15 Å². The third-order valence-corrected chi connectivity index (χ3v) is 3.39. The van der Waals surface area contributed by atoms with Crippen LogP contribution in [0.15, 0.2) is 4.47 Å². The molecule has 0 saturated carbocycles. The summed E-state index contributed by atoms with van der Waals surface area (Å²) >= 11 is 9.23. The van der Waals surface area contributed by atoms with Crippen molar-refractivity contribution in [2.45, 2.75) is 26.4 Å². The Balaban J connectivity index is 3.11. The summed E-state index contributed by atoms with van der Waals surface area (Å²) in [4.78, 5) is 8.47. The number of hydrogen-bond acceptors (Lipinski definition) is 3. The normalized spacial score (nSPS) is 12.9. The Morgan fingerprint density at radius 3 is 2.57 bits per heavy atom. The minimum absolute atomic E-state index is 0.0840. The van der Waals surface area contributed by atoms with Crippen molar-refractivity contribution in [3.8, 4) is 0 Å². The van der Waals surface area contributed by atoms with E-state index in [2.05, 4.69) is 25.9 Å². The molecule has 1 aromatic heterocycles. The smallest absolute Gasteiger partial charge is 0.159 e. The second-order valence-corrected chi connectivity index (χ2v) is 4.06. The fraction of sp³-hybridized carbons (Fsp3) is 0.556. The molecule has 1 unspecified atom stereocenters. The lowest BCUT2D eigenvalue weighted by molar-refractivity contribution is 0.0924. The van der Waals surface area contributed by atoms with E-state index >= 15 is 0 Å². The van der Waals surface area contributed by atoms with E-state index in [0.29, 0.717) is 11.0 Å². The molecule has 78 valence electrons. The van der Waals surface area contributed by atoms with Crippen LogP contribution in [0.5, 0.6) is 0 Å². The van der Waals surface area contributed by atoms with Crippen LogP contribution in [-0.2, 0) is 4.74 Å². The maximum absolute atomic E-state index is 5.92. The summed E-state index contributed by atoms with van der Waals surface area (Å²) in [6.45, 7) is 3.90. The number of halogens is 2. The van der Waals surface area contributed by atoms with Gasteiger partial charge >= 0.3 is 0 Å². The Bertz CT molecular complexity index is 306. The minimum Gasteiger partial charge on any atom is -0.373 e. The zero-order valence-corrected chi connectivity index (χ0v) is 10.7. The summed E-state index contributed by atoms with van der Waals surface area (Å²) in [5, 5.41) is 0.433. The van der Waals surface area contributed by atoms with Gasteiger partial charge in [-0.15, -0.1) is 0 Å². The summed E-state index contributed by atoms with van der Waals surface area (Å²) < 4.78 is 5.98. The van der Waals surface area contributed by atoms with E-state index in [4.69, 9.17) is 16.3 Å². The monoisotopic (exact) mass is 278 g/mol. The average Bonchev–Trinajstić information content (AvgIpc) is 2.16. The molecule has 3 nitrogen and oxygen atoms in total. The van der Waals surface area contributed by atoms with Crippen LogP contribution in [0.25, 0.3) is 0 Å². The molecule has 14 heavy (non-hydrogen) atoms. The van der Waals surface area contributed by atoms with E-state index in [9.17, 15) is 0 Å². The number of methoxy groups -OCH3 is 1. The second-order valence-electron chi connectivity index (χ2n) is 2.90. The topological polar surface area (TPSA) is 35.0 Å². The Morgan fingerprint density at radius 1 is 1.50 bits per heavy atom. The van der Waals surface area contributed by atoms with Gasteiger partial charge in [-0.1, -0.05) is 18.5 Å². The van der Waals surface area contributed by atoms with Gasteiger partial charge < -0.3 is 4.74 Å². The molecule has 1 aromatic rings. The van der Waals surface area contributed by atoms with Crippen molar-refractivity contribution >= 4 is 27.5 Å². The highest BCUT2D eigenvalue weighted by Gasteiger charge is 2.14. The lowest BCUT2D eigenvalue weighted by Gasteiger charge is -2.12. The molecule has 0 N–H and O–H groups in total. The van der Waals surface area contributed by atoms with Gasteiger partial charge in [0.2, 0.25) is 0 Å². The molecule has 0 radical (unpaired) electrons. The lowest BCUT2D eigenvalue weighted by Crippen LogP contribution is -2.07. The van der Waals surface area contributed by atoms with Crippen LogP contribution < -0.4 is 0 Å². The molecule has 0 aliphatic rings. The molecule has 0 fully saturated rings. The first-order chi connectivity index (χ1) is 6.60. The summed E-state index contributed by atoms with van der Waals surface area (Å²) in [6.07, 6.45) is 0.743. The van der Waals surface area contributed by atoms with Crippen molar-refractivity contribution in [2.75, 3.05) is 7.11 Å². The number of nitrogens with zero attached hydrogens (tertiary/aromatic N) is 2. The summed E-state index contributed by atoms with van der Waals surface area (Å²) in [5.41, 5.74) is 0.829. The van der Waals surface area contributed by atoms with Gasteiger partial charge in [-0.3, -0.25) is 0 Å². The Labute approximate surface area is 97.0 Å². The van der Waals surface area contributed by atoms with Gasteiger partial charge in [0.25, 0.3) is 0 Å². The highest BCUT2D eigenvalue weighted by molar-refractivity contribution is 9.10. The quantitative estimate of drug-likeness (QED) is 0.796. The van der Waals surface area contributed by atoms with Gasteiger partial charge in [0.05, 0.1) is 10.2 Å². The number of rotatable bonds is 3. The van der Waals surface area contributed by atoms with Crippen LogP contribution >= 0.6 is 27.5 Å².